The number of carbonyl (C=O) groups is 6. The zero-order valence-corrected chi connectivity index (χ0v) is 23.0. The summed E-state index contributed by atoms with van der Waals surface area (Å²) in [6.07, 6.45) is 4.95. The summed E-state index contributed by atoms with van der Waals surface area (Å²) < 4.78 is 0. The molecule has 217 valence electrons. The number of rotatable bonds is 16. The number of urea groups is 1. The van der Waals surface area contributed by atoms with Crippen molar-refractivity contribution in [3.8, 4) is 0 Å². The van der Waals surface area contributed by atoms with Crippen molar-refractivity contribution in [2.75, 3.05) is 18.4 Å². The van der Waals surface area contributed by atoms with Gasteiger partial charge in [0.2, 0.25) is 17.7 Å². The van der Waals surface area contributed by atoms with Gasteiger partial charge in [-0.1, -0.05) is 32.4 Å². The summed E-state index contributed by atoms with van der Waals surface area (Å²) in [6.45, 7) is 7.90. The first kappa shape index (κ1) is 32.0. The van der Waals surface area contributed by atoms with Crippen molar-refractivity contribution in [2.45, 2.75) is 64.5 Å². The second-order valence-electron chi connectivity index (χ2n) is 9.94. The van der Waals surface area contributed by atoms with E-state index in [2.05, 4.69) is 28.2 Å². The van der Waals surface area contributed by atoms with E-state index in [1.807, 2.05) is 0 Å². The van der Waals surface area contributed by atoms with E-state index >= 15 is 0 Å². The van der Waals surface area contributed by atoms with Crippen molar-refractivity contribution in [1.82, 2.24) is 20.9 Å². The average molecular weight is 556 g/mol. The molecule has 0 aliphatic carbocycles. The van der Waals surface area contributed by atoms with Crippen molar-refractivity contribution in [3.63, 3.8) is 0 Å². The van der Waals surface area contributed by atoms with Gasteiger partial charge in [-0.2, -0.15) is 0 Å². The molecule has 0 unspecified atom stereocenters. The van der Waals surface area contributed by atoms with Crippen LogP contribution >= 0.6 is 0 Å². The van der Waals surface area contributed by atoms with Crippen molar-refractivity contribution in [2.24, 2.45) is 11.7 Å². The van der Waals surface area contributed by atoms with Crippen LogP contribution < -0.4 is 27.0 Å². The molecule has 6 N–H and O–H groups in total. The number of anilines is 1. The molecule has 40 heavy (non-hydrogen) atoms. The highest BCUT2D eigenvalue weighted by Gasteiger charge is 2.29. The second kappa shape index (κ2) is 16.0. The highest BCUT2D eigenvalue weighted by Crippen LogP contribution is 2.12. The molecule has 2 rings (SSSR count). The Balaban J connectivity index is 1.90. The minimum atomic E-state index is -0.926. The van der Waals surface area contributed by atoms with Gasteiger partial charge in [-0.15, -0.1) is 0 Å². The van der Waals surface area contributed by atoms with Gasteiger partial charge in [0, 0.05) is 37.3 Å². The first-order valence-electron chi connectivity index (χ1n) is 13.4. The number of unbranched alkanes of at least 4 members (excludes halogenated alkanes) is 2. The lowest BCUT2D eigenvalue weighted by atomic mass is 10.0. The molecule has 0 fully saturated rings. The van der Waals surface area contributed by atoms with Gasteiger partial charge in [-0.05, 0) is 56.2 Å². The third-order valence-electron chi connectivity index (χ3n) is 6.27. The van der Waals surface area contributed by atoms with Crippen LogP contribution in [0.15, 0.2) is 36.4 Å². The zero-order chi connectivity index (χ0) is 29.7. The number of hydrogen-bond donors (Lipinski definition) is 5. The SMILES string of the molecule is [CH2]c1ccc(NC(=O)[C@H](CCCNC(N)=O)NC(=O)[C@@H](NC(=O)CCCCCN2C(=O)C=CC2=O)C(C)C)cc1. The molecule has 7 amide bonds. The largest absolute Gasteiger partial charge is 0.352 e. The molecule has 0 aromatic heterocycles. The Kier molecular flexibility index (Phi) is 12.8. The Hall–Kier alpha value is -4.22. The van der Waals surface area contributed by atoms with Crippen LogP contribution in [0.1, 0.15) is 57.9 Å². The number of nitrogens with one attached hydrogen (secondary N) is 4. The van der Waals surface area contributed by atoms with Crippen LogP contribution in [0, 0.1) is 12.8 Å². The summed E-state index contributed by atoms with van der Waals surface area (Å²) in [5.41, 5.74) is 6.42. The fourth-order valence-electron chi connectivity index (χ4n) is 4.03. The highest BCUT2D eigenvalue weighted by atomic mass is 16.2. The fourth-order valence-corrected chi connectivity index (χ4v) is 4.03. The van der Waals surface area contributed by atoms with Gasteiger partial charge in [0.05, 0.1) is 0 Å². The molecule has 0 saturated carbocycles. The maximum atomic E-state index is 13.2. The minimum Gasteiger partial charge on any atom is -0.352 e. The monoisotopic (exact) mass is 555 g/mol. The molecular formula is C28H39N6O6. The zero-order valence-electron chi connectivity index (χ0n) is 23.0. The third-order valence-corrected chi connectivity index (χ3v) is 6.27. The predicted molar refractivity (Wildman–Crippen MR) is 149 cm³/mol. The number of nitrogens with two attached hydrogens (primary N) is 1. The van der Waals surface area contributed by atoms with Gasteiger partial charge >= 0.3 is 6.03 Å². The summed E-state index contributed by atoms with van der Waals surface area (Å²) in [6, 6.07) is 4.40. The number of nitrogens with zero attached hydrogens (tertiary/aromatic N) is 1. The molecule has 12 nitrogen and oxygen atoms in total. The molecule has 12 heteroatoms. The van der Waals surface area contributed by atoms with Gasteiger partial charge in [-0.3, -0.25) is 28.9 Å². The average Bonchev–Trinajstić information content (AvgIpc) is 3.21. The molecule has 0 bridgehead atoms. The van der Waals surface area contributed by atoms with E-state index < -0.39 is 29.9 Å². The van der Waals surface area contributed by atoms with Gasteiger partial charge < -0.3 is 27.0 Å². The Morgan fingerprint density at radius 3 is 2.15 bits per heavy atom. The van der Waals surface area contributed by atoms with E-state index in [4.69, 9.17) is 5.73 Å². The van der Waals surface area contributed by atoms with E-state index in [0.717, 1.165) is 10.5 Å². The van der Waals surface area contributed by atoms with E-state index in [1.54, 1.807) is 38.1 Å². The lowest BCUT2D eigenvalue weighted by Gasteiger charge is -2.25. The number of imide groups is 1. The number of amides is 7. The fraction of sp³-hybridized carbons (Fsp3) is 0.464. The van der Waals surface area contributed by atoms with Crippen molar-refractivity contribution in [1.29, 1.82) is 0 Å². The number of benzene rings is 1. The van der Waals surface area contributed by atoms with Crippen molar-refractivity contribution >= 4 is 41.3 Å². The van der Waals surface area contributed by atoms with E-state index in [1.165, 1.54) is 12.2 Å². The molecular weight excluding hydrogens is 516 g/mol. The summed E-state index contributed by atoms with van der Waals surface area (Å²) in [5, 5.41) is 10.7. The normalized spacial score (nSPS) is 14.2. The van der Waals surface area contributed by atoms with Gasteiger partial charge in [-0.25, -0.2) is 4.79 Å². The molecule has 1 aliphatic rings. The first-order valence-corrected chi connectivity index (χ1v) is 13.4. The number of hydrogen-bond acceptors (Lipinski definition) is 6. The molecule has 1 aromatic carbocycles. The van der Waals surface area contributed by atoms with Crippen LogP contribution in [-0.4, -0.2) is 65.6 Å². The van der Waals surface area contributed by atoms with Crippen molar-refractivity contribution in [3.05, 3.63) is 48.9 Å². The standard InChI is InChI=1S/C28H39N6O6/c1-18(2)25(33-22(35)9-5-4-6-17-34-23(36)14-15-24(34)37)27(39)32-21(8-7-16-30-28(29)40)26(38)31-20-12-10-19(3)11-13-20/h10-15,18,21,25H,3-9,16-17H2,1-2H3,(H,31,38)(H,32,39)(H,33,35)(H3,29,30,40)/t21-,25-/m0/s1. The van der Waals surface area contributed by atoms with Crippen LogP contribution in [0.3, 0.4) is 0 Å². The van der Waals surface area contributed by atoms with Crippen LogP contribution in [0.4, 0.5) is 10.5 Å². The minimum absolute atomic E-state index is 0.168. The Labute approximate surface area is 234 Å². The molecule has 2 atom stereocenters. The van der Waals surface area contributed by atoms with Gasteiger partial charge in [0.1, 0.15) is 12.1 Å². The molecule has 0 saturated heterocycles. The first-order chi connectivity index (χ1) is 19.0. The van der Waals surface area contributed by atoms with E-state index in [0.29, 0.717) is 37.9 Å². The van der Waals surface area contributed by atoms with Crippen LogP contribution in [-0.2, 0) is 24.0 Å². The summed E-state index contributed by atoms with van der Waals surface area (Å²) in [4.78, 5) is 74.1. The third kappa shape index (κ3) is 10.9. The van der Waals surface area contributed by atoms with Crippen LogP contribution in [0.2, 0.25) is 0 Å². The Morgan fingerprint density at radius 1 is 0.900 bits per heavy atom. The Bertz CT molecular complexity index is 1080. The Morgan fingerprint density at radius 2 is 1.55 bits per heavy atom. The molecule has 1 radical (unpaired) electrons. The quantitative estimate of drug-likeness (QED) is 0.152. The molecule has 1 aromatic rings. The number of primary amides is 1. The maximum Gasteiger partial charge on any atom is 0.312 e. The topological polar surface area (TPSA) is 180 Å². The van der Waals surface area contributed by atoms with E-state index in [-0.39, 0.29) is 43.0 Å². The molecule has 1 aliphatic heterocycles. The van der Waals surface area contributed by atoms with Crippen LogP contribution in [0.25, 0.3) is 0 Å². The lowest BCUT2D eigenvalue weighted by molar-refractivity contribution is -0.137. The van der Waals surface area contributed by atoms with Crippen LogP contribution in [0.5, 0.6) is 0 Å². The maximum absolute atomic E-state index is 13.2. The molecule has 1 heterocycles. The molecule has 0 spiro atoms. The summed E-state index contributed by atoms with van der Waals surface area (Å²) in [5.74, 6) is -2.18. The smallest absolute Gasteiger partial charge is 0.312 e. The summed E-state index contributed by atoms with van der Waals surface area (Å²) >= 11 is 0. The van der Waals surface area contributed by atoms with E-state index in [9.17, 15) is 28.8 Å². The van der Waals surface area contributed by atoms with Gasteiger partial charge in [0.15, 0.2) is 0 Å². The predicted octanol–water partition coefficient (Wildman–Crippen LogP) is 1.37. The number of carbonyl (C=O) groups excluding carboxylic acids is 6. The van der Waals surface area contributed by atoms with Gasteiger partial charge in [0.25, 0.3) is 11.8 Å². The van der Waals surface area contributed by atoms with Crippen molar-refractivity contribution < 1.29 is 28.8 Å². The summed E-state index contributed by atoms with van der Waals surface area (Å²) in [7, 11) is 0. The lowest BCUT2D eigenvalue weighted by Crippen LogP contribution is -2.54. The second-order valence-corrected chi connectivity index (χ2v) is 9.94. The highest BCUT2D eigenvalue weighted by molar-refractivity contribution is 6.12.